The number of hydrogen-bond acceptors (Lipinski definition) is 4. The van der Waals surface area contributed by atoms with Crippen LogP contribution in [0.4, 0.5) is 10.1 Å². The summed E-state index contributed by atoms with van der Waals surface area (Å²) in [4.78, 5) is 0.870. The predicted molar refractivity (Wildman–Crippen MR) is 84.3 cm³/mol. The number of anilines is 1. The average molecular weight is 369 g/mol. The van der Waals surface area contributed by atoms with Crippen LogP contribution in [0.2, 0.25) is 10.0 Å². The third kappa shape index (κ3) is 3.87. The van der Waals surface area contributed by atoms with Crippen LogP contribution in [0.15, 0.2) is 28.5 Å². The van der Waals surface area contributed by atoms with Crippen molar-refractivity contribution in [3.8, 4) is 0 Å². The van der Waals surface area contributed by atoms with E-state index in [-0.39, 0.29) is 19.9 Å². The normalized spacial score (nSPS) is 11.6. The van der Waals surface area contributed by atoms with Crippen molar-refractivity contribution in [3.63, 3.8) is 0 Å². The lowest BCUT2D eigenvalue weighted by atomic mass is 10.3. The summed E-state index contributed by atoms with van der Waals surface area (Å²) in [5.74, 6) is -0.639. The van der Waals surface area contributed by atoms with Gasteiger partial charge in [0.15, 0.2) is 0 Å². The summed E-state index contributed by atoms with van der Waals surface area (Å²) >= 11 is 12.8. The maximum atomic E-state index is 13.1. The van der Waals surface area contributed by atoms with Gasteiger partial charge < -0.3 is 5.32 Å². The summed E-state index contributed by atoms with van der Waals surface area (Å²) in [6, 6.07) is 5.19. The molecule has 1 aromatic heterocycles. The Morgan fingerprint density at radius 1 is 1.24 bits per heavy atom. The van der Waals surface area contributed by atoms with E-state index in [1.165, 1.54) is 6.07 Å². The van der Waals surface area contributed by atoms with E-state index in [9.17, 15) is 12.8 Å². The Kier molecular flexibility index (Phi) is 5.11. The van der Waals surface area contributed by atoms with Crippen molar-refractivity contribution >= 4 is 50.2 Å². The molecule has 2 aromatic rings. The summed E-state index contributed by atoms with van der Waals surface area (Å²) in [6.07, 6.45) is 0. The Morgan fingerprint density at radius 3 is 2.43 bits per heavy atom. The first-order chi connectivity index (χ1) is 9.83. The second kappa shape index (κ2) is 6.50. The largest absolute Gasteiger partial charge is 0.315 e. The summed E-state index contributed by atoms with van der Waals surface area (Å²) in [5.41, 5.74) is -0.0386. The van der Waals surface area contributed by atoms with Crippen molar-refractivity contribution in [2.24, 2.45) is 0 Å². The highest BCUT2D eigenvalue weighted by molar-refractivity contribution is 7.94. The summed E-state index contributed by atoms with van der Waals surface area (Å²) in [5, 5.41) is 2.73. The second-order valence-electron chi connectivity index (χ2n) is 4.10. The highest BCUT2D eigenvalue weighted by atomic mass is 35.5. The second-order valence-corrected chi connectivity index (χ2v) is 7.99. The van der Waals surface area contributed by atoms with Crippen LogP contribution in [-0.2, 0) is 16.6 Å². The molecular weight excluding hydrogens is 358 g/mol. The molecular formula is C12H11Cl2FN2O2S2. The lowest BCUT2D eigenvalue weighted by Crippen LogP contribution is -2.12. The smallest absolute Gasteiger partial charge is 0.271 e. The van der Waals surface area contributed by atoms with E-state index in [0.29, 0.717) is 6.54 Å². The van der Waals surface area contributed by atoms with Crippen molar-refractivity contribution in [3.05, 3.63) is 45.0 Å². The molecule has 0 amide bonds. The molecule has 9 heteroatoms. The van der Waals surface area contributed by atoms with Gasteiger partial charge in [-0.25, -0.2) is 12.8 Å². The van der Waals surface area contributed by atoms with Crippen molar-refractivity contribution in [1.29, 1.82) is 0 Å². The minimum absolute atomic E-state index is 0.0386. The van der Waals surface area contributed by atoms with E-state index in [0.717, 1.165) is 28.3 Å². The third-order valence-corrected chi connectivity index (χ3v) is 6.02. The molecule has 0 spiro atoms. The van der Waals surface area contributed by atoms with Gasteiger partial charge in [0.1, 0.15) is 10.0 Å². The molecule has 0 unspecified atom stereocenters. The van der Waals surface area contributed by atoms with Gasteiger partial charge >= 0.3 is 0 Å². The van der Waals surface area contributed by atoms with E-state index in [1.54, 1.807) is 13.1 Å². The van der Waals surface area contributed by atoms with Crippen molar-refractivity contribution in [1.82, 2.24) is 5.32 Å². The van der Waals surface area contributed by atoms with Gasteiger partial charge in [0.05, 0.1) is 15.7 Å². The van der Waals surface area contributed by atoms with Gasteiger partial charge in [-0.05, 0) is 31.3 Å². The summed E-state index contributed by atoms with van der Waals surface area (Å²) in [6.45, 7) is 0.568. The predicted octanol–water partition coefficient (Wildman–Crippen LogP) is 3.71. The molecule has 0 atom stereocenters. The van der Waals surface area contributed by atoms with Crippen LogP contribution in [0.25, 0.3) is 0 Å². The van der Waals surface area contributed by atoms with Gasteiger partial charge in [-0.3, -0.25) is 4.72 Å². The highest BCUT2D eigenvalue weighted by Crippen LogP contribution is 2.34. The number of hydrogen-bond donors (Lipinski definition) is 2. The first-order valence-electron chi connectivity index (χ1n) is 5.74. The molecule has 4 nitrogen and oxygen atoms in total. The first kappa shape index (κ1) is 16.5. The van der Waals surface area contributed by atoms with E-state index in [2.05, 4.69) is 10.0 Å². The Bertz CT molecular complexity index is 739. The van der Waals surface area contributed by atoms with Crippen LogP contribution in [0.3, 0.4) is 0 Å². The van der Waals surface area contributed by atoms with Gasteiger partial charge in [-0.2, -0.15) is 0 Å². The molecule has 0 bridgehead atoms. The van der Waals surface area contributed by atoms with Crippen LogP contribution in [0, 0.1) is 5.82 Å². The number of thiophene rings is 1. The minimum atomic E-state index is -3.82. The number of nitrogens with one attached hydrogen (secondary N) is 2. The molecule has 0 fully saturated rings. The van der Waals surface area contributed by atoms with Crippen LogP contribution in [-0.4, -0.2) is 15.5 Å². The molecule has 2 rings (SSSR count). The number of rotatable bonds is 5. The van der Waals surface area contributed by atoms with Crippen molar-refractivity contribution < 1.29 is 12.8 Å². The monoisotopic (exact) mass is 368 g/mol. The Hall–Kier alpha value is -0.860. The van der Waals surface area contributed by atoms with Gasteiger partial charge in [0.2, 0.25) is 0 Å². The third-order valence-electron chi connectivity index (χ3n) is 2.50. The summed E-state index contributed by atoms with van der Waals surface area (Å²) in [7, 11) is -2.05. The number of halogens is 3. The van der Waals surface area contributed by atoms with Crippen LogP contribution in [0.1, 0.15) is 4.88 Å². The average Bonchev–Trinajstić information content (AvgIpc) is 2.84. The maximum absolute atomic E-state index is 13.1. The van der Waals surface area contributed by atoms with Gasteiger partial charge in [0, 0.05) is 11.4 Å². The molecule has 0 aliphatic heterocycles. The standard InChI is InChI=1S/C12H11Cl2FN2O2S2/c1-16-6-8-2-3-11(20-8)21(18,19)17-12-9(13)4-7(15)5-10(12)14/h2-5,16-17H,6H2,1H3. The summed E-state index contributed by atoms with van der Waals surface area (Å²) < 4.78 is 40.1. The molecule has 1 heterocycles. The van der Waals surface area contributed by atoms with E-state index in [4.69, 9.17) is 23.2 Å². The van der Waals surface area contributed by atoms with Crippen LogP contribution in [0.5, 0.6) is 0 Å². The fourth-order valence-electron chi connectivity index (χ4n) is 1.60. The lowest BCUT2D eigenvalue weighted by Gasteiger charge is -2.10. The molecule has 0 aliphatic carbocycles. The zero-order valence-corrected chi connectivity index (χ0v) is 13.9. The quantitative estimate of drug-likeness (QED) is 0.845. The number of sulfonamides is 1. The molecule has 1 aromatic carbocycles. The van der Waals surface area contributed by atoms with Crippen molar-refractivity contribution in [2.75, 3.05) is 11.8 Å². The Balaban J connectivity index is 2.33. The Morgan fingerprint density at radius 2 is 1.86 bits per heavy atom. The first-order valence-corrected chi connectivity index (χ1v) is 8.79. The molecule has 0 radical (unpaired) electrons. The fourth-order valence-corrected chi connectivity index (χ4v) is 4.73. The van der Waals surface area contributed by atoms with E-state index in [1.807, 2.05) is 0 Å². The van der Waals surface area contributed by atoms with Crippen LogP contribution < -0.4 is 10.0 Å². The number of benzene rings is 1. The molecule has 21 heavy (non-hydrogen) atoms. The minimum Gasteiger partial charge on any atom is -0.315 e. The molecule has 0 saturated carbocycles. The van der Waals surface area contributed by atoms with Crippen LogP contribution >= 0.6 is 34.5 Å². The zero-order chi connectivity index (χ0) is 15.6. The lowest BCUT2D eigenvalue weighted by molar-refractivity contribution is 0.603. The molecule has 0 aliphatic rings. The maximum Gasteiger partial charge on any atom is 0.271 e. The van der Waals surface area contributed by atoms with Gasteiger partial charge in [0.25, 0.3) is 10.0 Å². The molecule has 2 N–H and O–H groups in total. The Labute approximate surface area is 135 Å². The van der Waals surface area contributed by atoms with Gasteiger partial charge in [-0.1, -0.05) is 23.2 Å². The van der Waals surface area contributed by atoms with E-state index >= 15 is 0 Å². The fraction of sp³-hybridized carbons (Fsp3) is 0.167. The van der Waals surface area contributed by atoms with Gasteiger partial charge in [-0.15, -0.1) is 11.3 Å². The van der Waals surface area contributed by atoms with Crippen molar-refractivity contribution in [2.45, 2.75) is 10.8 Å². The van der Waals surface area contributed by atoms with E-state index < -0.39 is 15.8 Å². The molecule has 114 valence electrons. The SMILES string of the molecule is CNCc1ccc(S(=O)(=O)Nc2c(Cl)cc(F)cc2Cl)s1. The molecule has 0 saturated heterocycles. The zero-order valence-electron chi connectivity index (χ0n) is 10.8. The highest BCUT2D eigenvalue weighted by Gasteiger charge is 2.20. The topological polar surface area (TPSA) is 58.2 Å².